The molecule has 0 spiro atoms. The van der Waals surface area contributed by atoms with Crippen LogP contribution in [-0.2, 0) is 7.05 Å². The van der Waals surface area contributed by atoms with Gasteiger partial charge in [0.25, 0.3) is 0 Å². The molecule has 0 amide bonds. The van der Waals surface area contributed by atoms with Gasteiger partial charge >= 0.3 is 0 Å². The molecule has 9 heteroatoms. The van der Waals surface area contributed by atoms with Crippen LogP contribution in [0.5, 0.6) is 0 Å². The van der Waals surface area contributed by atoms with Gasteiger partial charge in [0.2, 0.25) is 0 Å². The van der Waals surface area contributed by atoms with E-state index in [1.54, 1.807) is 16.9 Å². The van der Waals surface area contributed by atoms with Crippen LogP contribution >= 0.6 is 23.2 Å². The van der Waals surface area contributed by atoms with E-state index in [4.69, 9.17) is 28.9 Å². The number of piperidine rings is 1. The standard InChI is InChI=1S/C23H23Cl2N7/c1-31-13-19(17-3-2-4-20(24)21(17)25)22(30-31)18-9-14(10-28-23(18)26)15-11-29-32(12-15)16-5-7-27-8-6-16/h2-4,9-13,16,27H,5-8H2,1H3,(H2,26,28). The largest absolute Gasteiger partial charge is 0.383 e. The van der Waals surface area contributed by atoms with Crippen molar-refractivity contribution in [2.24, 2.45) is 7.05 Å². The van der Waals surface area contributed by atoms with Gasteiger partial charge in [-0.15, -0.1) is 0 Å². The molecule has 1 aliphatic rings. The Morgan fingerprint density at radius 3 is 2.66 bits per heavy atom. The highest BCUT2D eigenvalue weighted by Crippen LogP contribution is 2.40. The Labute approximate surface area is 196 Å². The molecule has 3 N–H and O–H groups in total. The summed E-state index contributed by atoms with van der Waals surface area (Å²) in [6, 6.07) is 7.98. The monoisotopic (exact) mass is 467 g/mol. The molecule has 0 atom stereocenters. The van der Waals surface area contributed by atoms with Gasteiger partial charge in [0.05, 0.1) is 22.3 Å². The predicted molar refractivity (Wildman–Crippen MR) is 129 cm³/mol. The number of pyridine rings is 1. The first-order valence-electron chi connectivity index (χ1n) is 10.5. The fourth-order valence-electron chi connectivity index (χ4n) is 4.18. The summed E-state index contributed by atoms with van der Waals surface area (Å²) >= 11 is 12.8. The average Bonchev–Trinajstić information content (AvgIpc) is 3.44. The Morgan fingerprint density at radius 2 is 1.84 bits per heavy atom. The Kier molecular flexibility index (Phi) is 5.63. The molecule has 1 fully saturated rings. The van der Waals surface area contributed by atoms with Crippen LogP contribution in [0.25, 0.3) is 33.5 Å². The number of aryl methyl sites for hydroxylation is 1. The number of nitrogens with zero attached hydrogens (tertiary/aromatic N) is 5. The number of nitrogens with two attached hydrogens (primary N) is 1. The summed E-state index contributed by atoms with van der Waals surface area (Å²) in [5.41, 5.74) is 11.3. The van der Waals surface area contributed by atoms with Gasteiger partial charge in [-0.05, 0) is 38.1 Å². The highest BCUT2D eigenvalue weighted by molar-refractivity contribution is 6.43. The molecule has 0 saturated carbocycles. The second kappa shape index (κ2) is 8.58. The van der Waals surface area contributed by atoms with Crippen LogP contribution in [0.15, 0.2) is 49.1 Å². The number of rotatable bonds is 4. The maximum Gasteiger partial charge on any atom is 0.132 e. The van der Waals surface area contributed by atoms with Crippen LogP contribution in [0.3, 0.4) is 0 Å². The lowest BCUT2D eigenvalue weighted by Gasteiger charge is -2.22. The Hall–Kier alpha value is -2.87. The minimum atomic E-state index is 0.401. The third kappa shape index (κ3) is 3.88. The van der Waals surface area contributed by atoms with E-state index in [1.165, 1.54) is 0 Å². The van der Waals surface area contributed by atoms with Crippen molar-refractivity contribution in [3.8, 4) is 33.5 Å². The number of anilines is 1. The van der Waals surface area contributed by atoms with Gasteiger partial charge in [-0.25, -0.2) is 4.98 Å². The lowest BCUT2D eigenvalue weighted by Crippen LogP contribution is -2.29. The number of aromatic nitrogens is 5. The molecule has 4 aromatic rings. The summed E-state index contributed by atoms with van der Waals surface area (Å²) in [5, 5.41) is 13.6. The summed E-state index contributed by atoms with van der Waals surface area (Å²) < 4.78 is 3.80. The average molecular weight is 468 g/mol. The van der Waals surface area contributed by atoms with E-state index in [1.807, 2.05) is 37.6 Å². The molecule has 1 saturated heterocycles. The van der Waals surface area contributed by atoms with Crippen molar-refractivity contribution in [3.63, 3.8) is 0 Å². The van der Waals surface area contributed by atoms with E-state index in [0.717, 1.165) is 53.7 Å². The molecule has 32 heavy (non-hydrogen) atoms. The number of benzene rings is 1. The van der Waals surface area contributed by atoms with Crippen molar-refractivity contribution < 1.29 is 0 Å². The first-order valence-corrected chi connectivity index (χ1v) is 11.3. The zero-order valence-electron chi connectivity index (χ0n) is 17.6. The molecule has 7 nitrogen and oxygen atoms in total. The van der Waals surface area contributed by atoms with Gasteiger partial charge in [-0.3, -0.25) is 9.36 Å². The van der Waals surface area contributed by atoms with Gasteiger partial charge < -0.3 is 11.1 Å². The maximum absolute atomic E-state index is 6.51. The van der Waals surface area contributed by atoms with Gasteiger partial charge in [-0.2, -0.15) is 10.2 Å². The third-order valence-electron chi connectivity index (χ3n) is 5.86. The summed E-state index contributed by atoms with van der Waals surface area (Å²) in [5.74, 6) is 0.401. The van der Waals surface area contributed by atoms with E-state index in [0.29, 0.717) is 27.6 Å². The first kappa shape index (κ1) is 21.0. The minimum Gasteiger partial charge on any atom is -0.383 e. The van der Waals surface area contributed by atoms with Crippen LogP contribution < -0.4 is 11.1 Å². The fraction of sp³-hybridized carbons (Fsp3) is 0.261. The van der Waals surface area contributed by atoms with Crippen LogP contribution in [0.2, 0.25) is 10.0 Å². The SMILES string of the molecule is Cn1cc(-c2cccc(Cl)c2Cl)c(-c2cc(-c3cnn(C4CCNCC4)c3)cnc2N)n1. The molecule has 1 aromatic carbocycles. The van der Waals surface area contributed by atoms with E-state index in [9.17, 15) is 0 Å². The molecule has 4 heterocycles. The second-order valence-corrected chi connectivity index (χ2v) is 8.80. The summed E-state index contributed by atoms with van der Waals surface area (Å²) in [4.78, 5) is 4.46. The molecule has 1 aliphatic heterocycles. The fourth-order valence-corrected chi connectivity index (χ4v) is 4.58. The molecule has 164 valence electrons. The van der Waals surface area contributed by atoms with Crippen LogP contribution in [-0.4, -0.2) is 37.6 Å². The van der Waals surface area contributed by atoms with E-state index >= 15 is 0 Å². The number of halogens is 2. The summed E-state index contributed by atoms with van der Waals surface area (Å²) in [7, 11) is 1.86. The van der Waals surface area contributed by atoms with Crippen molar-refractivity contribution in [3.05, 3.63) is 59.1 Å². The van der Waals surface area contributed by atoms with Crippen molar-refractivity contribution in [1.82, 2.24) is 29.9 Å². The Bertz CT molecular complexity index is 1270. The normalized spacial score (nSPS) is 14.7. The number of nitrogen functional groups attached to an aromatic ring is 1. The molecule has 0 aliphatic carbocycles. The van der Waals surface area contributed by atoms with Crippen molar-refractivity contribution in [2.45, 2.75) is 18.9 Å². The van der Waals surface area contributed by atoms with E-state index in [-0.39, 0.29) is 0 Å². The molecule has 0 unspecified atom stereocenters. The highest BCUT2D eigenvalue weighted by Gasteiger charge is 2.20. The van der Waals surface area contributed by atoms with Crippen LogP contribution in [0.4, 0.5) is 5.82 Å². The van der Waals surface area contributed by atoms with Gasteiger partial charge in [0.1, 0.15) is 11.5 Å². The van der Waals surface area contributed by atoms with Crippen molar-refractivity contribution in [1.29, 1.82) is 0 Å². The van der Waals surface area contributed by atoms with Gasteiger partial charge in [0.15, 0.2) is 0 Å². The highest BCUT2D eigenvalue weighted by atomic mass is 35.5. The smallest absolute Gasteiger partial charge is 0.132 e. The quantitative estimate of drug-likeness (QED) is 0.448. The molecule has 3 aromatic heterocycles. The molecule has 5 rings (SSSR count). The summed E-state index contributed by atoms with van der Waals surface area (Å²) in [6.45, 7) is 2.03. The van der Waals surface area contributed by atoms with Gasteiger partial charge in [0, 0.05) is 53.5 Å². The lowest BCUT2D eigenvalue weighted by atomic mass is 10.00. The second-order valence-electron chi connectivity index (χ2n) is 8.01. The summed E-state index contributed by atoms with van der Waals surface area (Å²) in [6.07, 6.45) is 9.80. The van der Waals surface area contributed by atoms with Crippen molar-refractivity contribution >= 4 is 29.0 Å². The van der Waals surface area contributed by atoms with Crippen molar-refractivity contribution in [2.75, 3.05) is 18.8 Å². The number of hydrogen-bond donors (Lipinski definition) is 2. The van der Waals surface area contributed by atoms with Crippen LogP contribution in [0, 0.1) is 0 Å². The van der Waals surface area contributed by atoms with Crippen LogP contribution in [0.1, 0.15) is 18.9 Å². The molecule has 0 radical (unpaired) electrons. The topological polar surface area (TPSA) is 86.6 Å². The Balaban J connectivity index is 1.56. The lowest BCUT2D eigenvalue weighted by molar-refractivity contribution is 0.343. The minimum absolute atomic E-state index is 0.401. The number of nitrogens with one attached hydrogen (secondary N) is 1. The Morgan fingerprint density at radius 1 is 1.03 bits per heavy atom. The molecular formula is C23H23Cl2N7. The molecule has 0 bridgehead atoms. The zero-order valence-corrected chi connectivity index (χ0v) is 19.1. The van der Waals surface area contributed by atoms with E-state index < -0.39 is 0 Å². The van der Waals surface area contributed by atoms with E-state index in [2.05, 4.69) is 31.4 Å². The molecular weight excluding hydrogens is 445 g/mol. The predicted octanol–water partition coefficient (Wildman–Crippen LogP) is 4.83. The number of hydrogen-bond acceptors (Lipinski definition) is 5. The first-order chi connectivity index (χ1) is 15.5. The third-order valence-corrected chi connectivity index (χ3v) is 6.68. The van der Waals surface area contributed by atoms with Gasteiger partial charge in [-0.1, -0.05) is 35.3 Å². The maximum atomic E-state index is 6.51. The zero-order chi connectivity index (χ0) is 22.2.